The summed E-state index contributed by atoms with van der Waals surface area (Å²) in [6.45, 7) is 0. The van der Waals surface area contributed by atoms with Gasteiger partial charge in [-0.05, 0) is 24.3 Å². The van der Waals surface area contributed by atoms with Gasteiger partial charge in [0, 0.05) is 17.9 Å². The summed E-state index contributed by atoms with van der Waals surface area (Å²) in [6.07, 6.45) is 2.36. The Kier molecular flexibility index (Phi) is 3.47. The molecule has 0 saturated carbocycles. The number of hydrogen-bond acceptors (Lipinski definition) is 3. The number of benzene rings is 1. The Morgan fingerprint density at radius 2 is 2.06 bits per heavy atom. The van der Waals surface area contributed by atoms with E-state index in [4.69, 9.17) is 20.8 Å². The van der Waals surface area contributed by atoms with E-state index in [1.165, 1.54) is 0 Å². The van der Waals surface area contributed by atoms with Crippen LogP contribution in [-0.2, 0) is 6.42 Å². The predicted octanol–water partition coefficient (Wildman–Crippen LogP) is 3.13. The zero-order chi connectivity index (χ0) is 11.4. The highest BCUT2D eigenvalue weighted by atomic mass is 35.5. The van der Waals surface area contributed by atoms with Crippen LogP contribution in [0.4, 0.5) is 0 Å². The van der Waals surface area contributed by atoms with Gasteiger partial charge in [-0.3, -0.25) is 0 Å². The Balaban J connectivity index is 2.21. The van der Waals surface area contributed by atoms with Gasteiger partial charge in [0.15, 0.2) is 11.7 Å². The first-order chi connectivity index (χ1) is 7.83. The Morgan fingerprint density at radius 1 is 1.31 bits per heavy atom. The highest BCUT2D eigenvalue weighted by molar-refractivity contribution is 6.17. The predicted molar refractivity (Wildman–Crippen MR) is 62.9 cm³/mol. The highest BCUT2D eigenvalue weighted by Gasteiger charge is 2.05. The van der Waals surface area contributed by atoms with E-state index in [0.29, 0.717) is 18.2 Å². The molecule has 1 aromatic carbocycles. The van der Waals surface area contributed by atoms with Crippen molar-refractivity contribution < 1.29 is 9.15 Å². The number of hydrogen-bond donors (Lipinski definition) is 0. The maximum Gasteiger partial charge on any atom is 0.196 e. The normalized spacial score (nSPS) is 10.4. The van der Waals surface area contributed by atoms with Crippen LogP contribution in [0.15, 0.2) is 34.9 Å². The van der Waals surface area contributed by atoms with Crippen molar-refractivity contribution in [3.05, 3.63) is 36.4 Å². The molecule has 1 aromatic heterocycles. The van der Waals surface area contributed by atoms with Crippen LogP contribution < -0.4 is 4.74 Å². The molecule has 0 N–H and O–H groups in total. The Labute approximate surface area is 99.0 Å². The molecule has 0 fully saturated rings. The van der Waals surface area contributed by atoms with E-state index in [2.05, 4.69) is 4.98 Å². The number of oxazole rings is 1. The molecule has 0 radical (unpaired) electrons. The summed E-state index contributed by atoms with van der Waals surface area (Å²) in [5.41, 5.74) is 0.981. The van der Waals surface area contributed by atoms with Crippen molar-refractivity contribution in [1.82, 2.24) is 4.98 Å². The van der Waals surface area contributed by atoms with Crippen LogP contribution in [0.25, 0.3) is 11.3 Å². The van der Waals surface area contributed by atoms with Crippen LogP contribution in [0.5, 0.6) is 5.75 Å². The maximum absolute atomic E-state index is 5.61. The lowest BCUT2D eigenvalue weighted by Gasteiger charge is -2.00. The number of aromatic nitrogens is 1. The van der Waals surface area contributed by atoms with Crippen LogP contribution >= 0.6 is 11.6 Å². The third-order valence-corrected chi connectivity index (χ3v) is 2.43. The fourth-order valence-electron chi connectivity index (χ4n) is 1.40. The molecule has 1 heterocycles. The van der Waals surface area contributed by atoms with Gasteiger partial charge in [-0.25, -0.2) is 4.98 Å². The van der Waals surface area contributed by atoms with E-state index < -0.39 is 0 Å². The highest BCUT2D eigenvalue weighted by Crippen LogP contribution is 2.23. The Hall–Kier alpha value is -1.48. The second-order valence-electron chi connectivity index (χ2n) is 3.29. The van der Waals surface area contributed by atoms with Crippen molar-refractivity contribution in [3.8, 4) is 17.1 Å². The molecule has 0 amide bonds. The smallest absolute Gasteiger partial charge is 0.196 e. The summed E-state index contributed by atoms with van der Waals surface area (Å²) in [7, 11) is 1.64. The zero-order valence-electron chi connectivity index (χ0n) is 8.94. The number of aryl methyl sites for hydroxylation is 1. The number of alkyl halides is 1. The molecule has 0 aliphatic heterocycles. The van der Waals surface area contributed by atoms with E-state index in [9.17, 15) is 0 Å². The second-order valence-corrected chi connectivity index (χ2v) is 3.66. The average Bonchev–Trinajstić information content (AvgIpc) is 2.78. The molecular weight excluding hydrogens is 226 g/mol. The quantitative estimate of drug-likeness (QED) is 0.767. The third kappa shape index (κ3) is 2.36. The van der Waals surface area contributed by atoms with E-state index >= 15 is 0 Å². The molecule has 84 valence electrons. The number of methoxy groups -OCH3 is 1. The minimum atomic E-state index is 0.516. The zero-order valence-corrected chi connectivity index (χ0v) is 9.70. The monoisotopic (exact) mass is 237 g/mol. The van der Waals surface area contributed by atoms with Crippen molar-refractivity contribution >= 4 is 11.6 Å². The number of halogens is 1. The molecule has 0 spiro atoms. The number of ether oxygens (including phenoxy) is 1. The molecule has 0 unspecified atom stereocenters. The average molecular weight is 238 g/mol. The third-order valence-electron chi connectivity index (χ3n) is 2.24. The minimum Gasteiger partial charge on any atom is -0.497 e. The van der Waals surface area contributed by atoms with Crippen LogP contribution in [0.3, 0.4) is 0 Å². The van der Waals surface area contributed by atoms with Crippen molar-refractivity contribution in [1.29, 1.82) is 0 Å². The van der Waals surface area contributed by atoms with Gasteiger partial charge in [0.2, 0.25) is 0 Å². The summed E-state index contributed by atoms with van der Waals surface area (Å²) in [5.74, 6) is 2.76. The molecule has 2 aromatic rings. The maximum atomic E-state index is 5.61. The summed E-state index contributed by atoms with van der Waals surface area (Å²) in [5, 5.41) is 0. The van der Waals surface area contributed by atoms with Crippen molar-refractivity contribution in [2.45, 2.75) is 6.42 Å². The first kappa shape index (κ1) is 11.0. The topological polar surface area (TPSA) is 35.3 Å². The number of nitrogens with zero attached hydrogens (tertiary/aromatic N) is 1. The summed E-state index contributed by atoms with van der Waals surface area (Å²) >= 11 is 5.61. The molecule has 2 rings (SSSR count). The second kappa shape index (κ2) is 5.03. The number of rotatable bonds is 4. The SMILES string of the molecule is COc1ccc(-c2cnc(CCCl)o2)cc1. The lowest BCUT2D eigenvalue weighted by Crippen LogP contribution is -1.83. The van der Waals surface area contributed by atoms with Crippen LogP contribution in [0.2, 0.25) is 0 Å². The van der Waals surface area contributed by atoms with Gasteiger partial charge in [-0.15, -0.1) is 11.6 Å². The molecule has 4 heteroatoms. The van der Waals surface area contributed by atoms with Gasteiger partial charge in [-0.2, -0.15) is 0 Å². The van der Waals surface area contributed by atoms with Crippen molar-refractivity contribution in [3.63, 3.8) is 0 Å². The lowest BCUT2D eigenvalue weighted by atomic mass is 10.2. The standard InChI is InChI=1S/C12H12ClNO2/c1-15-10-4-2-9(3-5-10)11-8-14-12(16-11)6-7-13/h2-5,8H,6-7H2,1H3. The van der Waals surface area contributed by atoms with E-state index in [1.807, 2.05) is 24.3 Å². The van der Waals surface area contributed by atoms with E-state index in [0.717, 1.165) is 17.1 Å². The lowest BCUT2D eigenvalue weighted by molar-refractivity contribution is 0.415. The van der Waals surface area contributed by atoms with E-state index in [1.54, 1.807) is 13.3 Å². The molecule has 0 aliphatic carbocycles. The van der Waals surface area contributed by atoms with Gasteiger partial charge < -0.3 is 9.15 Å². The molecule has 3 nitrogen and oxygen atoms in total. The molecule has 0 atom stereocenters. The fourth-order valence-corrected chi connectivity index (χ4v) is 1.56. The molecular formula is C12H12ClNO2. The largest absolute Gasteiger partial charge is 0.497 e. The van der Waals surface area contributed by atoms with Crippen LogP contribution in [-0.4, -0.2) is 18.0 Å². The Bertz CT molecular complexity index is 450. The molecule has 0 saturated heterocycles. The Morgan fingerprint density at radius 3 is 2.69 bits per heavy atom. The van der Waals surface area contributed by atoms with Gasteiger partial charge in [0.05, 0.1) is 13.3 Å². The van der Waals surface area contributed by atoms with Gasteiger partial charge in [-0.1, -0.05) is 0 Å². The first-order valence-electron chi connectivity index (χ1n) is 4.98. The van der Waals surface area contributed by atoms with E-state index in [-0.39, 0.29) is 0 Å². The van der Waals surface area contributed by atoms with Gasteiger partial charge in [0.25, 0.3) is 0 Å². The minimum absolute atomic E-state index is 0.516. The molecule has 0 bridgehead atoms. The van der Waals surface area contributed by atoms with Crippen LogP contribution in [0.1, 0.15) is 5.89 Å². The summed E-state index contributed by atoms with van der Waals surface area (Å²) in [6, 6.07) is 7.64. The molecule has 16 heavy (non-hydrogen) atoms. The van der Waals surface area contributed by atoms with Gasteiger partial charge in [0.1, 0.15) is 5.75 Å². The first-order valence-corrected chi connectivity index (χ1v) is 5.52. The summed E-state index contributed by atoms with van der Waals surface area (Å²) in [4.78, 5) is 4.14. The molecule has 0 aliphatic rings. The van der Waals surface area contributed by atoms with Crippen LogP contribution in [0, 0.1) is 0 Å². The van der Waals surface area contributed by atoms with Crippen molar-refractivity contribution in [2.75, 3.05) is 13.0 Å². The summed E-state index contributed by atoms with van der Waals surface area (Å²) < 4.78 is 10.6. The van der Waals surface area contributed by atoms with Gasteiger partial charge >= 0.3 is 0 Å². The fraction of sp³-hybridized carbons (Fsp3) is 0.250. The van der Waals surface area contributed by atoms with Crippen molar-refractivity contribution in [2.24, 2.45) is 0 Å².